The maximum Gasteiger partial charge on any atom is 0.325 e. The van der Waals surface area contributed by atoms with Crippen LogP contribution in [0.2, 0.25) is 0 Å². The molecule has 0 radical (unpaired) electrons. The van der Waals surface area contributed by atoms with Crippen LogP contribution in [0.1, 0.15) is 23.8 Å². The van der Waals surface area contributed by atoms with Gasteiger partial charge in [-0.15, -0.1) is 0 Å². The van der Waals surface area contributed by atoms with Gasteiger partial charge in [-0.2, -0.15) is 0 Å². The minimum atomic E-state index is -0.764. The monoisotopic (exact) mass is 367 g/mol. The molecule has 0 fully saturated rings. The van der Waals surface area contributed by atoms with Crippen molar-refractivity contribution in [1.82, 2.24) is 15.2 Å². The first-order chi connectivity index (χ1) is 13.0. The van der Waals surface area contributed by atoms with Crippen LogP contribution in [0.4, 0.5) is 0 Å². The lowest BCUT2D eigenvalue weighted by atomic mass is 10.1. The van der Waals surface area contributed by atoms with E-state index in [0.29, 0.717) is 13.0 Å². The molecule has 27 heavy (non-hydrogen) atoms. The zero-order valence-electron chi connectivity index (χ0n) is 15.3. The minimum Gasteiger partial charge on any atom is -0.468 e. The Hall–Kier alpha value is -3.22. The average Bonchev–Trinajstić information content (AvgIpc) is 2.80. The highest BCUT2D eigenvalue weighted by molar-refractivity contribution is 6.06. The van der Waals surface area contributed by atoms with Crippen LogP contribution in [-0.4, -0.2) is 53.9 Å². The quantitative estimate of drug-likeness (QED) is 0.656. The number of methoxy groups -OCH3 is 1. The molecule has 1 aromatic heterocycles. The summed E-state index contributed by atoms with van der Waals surface area (Å²) >= 11 is 0. The molecule has 2 amide bonds. The fourth-order valence-electron chi connectivity index (χ4n) is 3.09. The SMILES string of the molecule is COC(=O)CN1CC(C)=CCC(NC(=O)c2nccc3ccccc23)C1=O. The van der Waals surface area contributed by atoms with Crippen molar-refractivity contribution in [3.05, 3.63) is 53.9 Å². The summed E-state index contributed by atoms with van der Waals surface area (Å²) in [7, 11) is 1.28. The molecule has 1 aliphatic rings. The molecule has 0 saturated carbocycles. The number of fused-ring (bicyclic) bond motifs is 1. The third-order valence-electron chi connectivity index (χ3n) is 4.49. The minimum absolute atomic E-state index is 0.153. The predicted molar refractivity (Wildman–Crippen MR) is 100.0 cm³/mol. The summed E-state index contributed by atoms with van der Waals surface area (Å²) in [5, 5.41) is 4.38. The van der Waals surface area contributed by atoms with Crippen molar-refractivity contribution >= 4 is 28.6 Å². The van der Waals surface area contributed by atoms with Gasteiger partial charge < -0.3 is 15.0 Å². The molecule has 7 heteroatoms. The number of carbonyl (C=O) groups excluding carboxylic acids is 3. The molecule has 1 unspecified atom stereocenters. The molecule has 0 saturated heterocycles. The Morgan fingerprint density at radius 1 is 1.30 bits per heavy atom. The van der Waals surface area contributed by atoms with Gasteiger partial charge in [0.2, 0.25) is 5.91 Å². The second-order valence-corrected chi connectivity index (χ2v) is 6.46. The van der Waals surface area contributed by atoms with E-state index in [1.54, 1.807) is 6.20 Å². The first-order valence-corrected chi connectivity index (χ1v) is 8.65. The van der Waals surface area contributed by atoms with E-state index < -0.39 is 17.9 Å². The lowest BCUT2D eigenvalue weighted by molar-refractivity contribution is -0.147. The van der Waals surface area contributed by atoms with Gasteiger partial charge in [-0.3, -0.25) is 19.4 Å². The molecule has 1 atom stereocenters. The van der Waals surface area contributed by atoms with E-state index in [9.17, 15) is 14.4 Å². The highest BCUT2D eigenvalue weighted by Gasteiger charge is 2.30. The number of carbonyl (C=O) groups is 3. The van der Waals surface area contributed by atoms with Crippen LogP contribution in [0.3, 0.4) is 0 Å². The number of esters is 1. The van der Waals surface area contributed by atoms with Crippen molar-refractivity contribution in [3.63, 3.8) is 0 Å². The topological polar surface area (TPSA) is 88.6 Å². The maximum absolute atomic E-state index is 12.8. The average molecular weight is 367 g/mol. The molecule has 3 rings (SSSR count). The summed E-state index contributed by atoms with van der Waals surface area (Å²) in [6, 6.07) is 8.50. The van der Waals surface area contributed by atoms with E-state index in [2.05, 4.69) is 15.0 Å². The zero-order valence-corrected chi connectivity index (χ0v) is 15.3. The van der Waals surface area contributed by atoms with Crippen molar-refractivity contribution in [3.8, 4) is 0 Å². The largest absolute Gasteiger partial charge is 0.468 e. The van der Waals surface area contributed by atoms with Crippen molar-refractivity contribution in [2.45, 2.75) is 19.4 Å². The molecule has 2 heterocycles. The molecule has 1 aromatic carbocycles. The number of hydrogen-bond acceptors (Lipinski definition) is 5. The second-order valence-electron chi connectivity index (χ2n) is 6.46. The Morgan fingerprint density at radius 3 is 2.85 bits per heavy atom. The Balaban J connectivity index is 1.83. The Labute approximate surface area is 157 Å². The van der Waals surface area contributed by atoms with Gasteiger partial charge in [0.1, 0.15) is 18.3 Å². The van der Waals surface area contributed by atoms with Gasteiger partial charge in [-0.1, -0.05) is 35.9 Å². The third-order valence-corrected chi connectivity index (χ3v) is 4.49. The number of hydrogen-bond donors (Lipinski definition) is 1. The summed E-state index contributed by atoms with van der Waals surface area (Å²) in [6.45, 7) is 2.06. The van der Waals surface area contributed by atoms with Gasteiger partial charge in [0.05, 0.1) is 7.11 Å². The lowest BCUT2D eigenvalue weighted by Crippen LogP contribution is -2.49. The zero-order chi connectivity index (χ0) is 19.4. The first-order valence-electron chi connectivity index (χ1n) is 8.65. The van der Waals surface area contributed by atoms with Gasteiger partial charge in [0.25, 0.3) is 5.91 Å². The summed E-state index contributed by atoms with van der Waals surface area (Å²) in [5.41, 5.74) is 1.22. The molecule has 1 aliphatic heterocycles. The van der Waals surface area contributed by atoms with E-state index in [4.69, 9.17) is 0 Å². The van der Waals surface area contributed by atoms with Crippen LogP contribution in [0.15, 0.2) is 48.2 Å². The normalized spacial score (nSPS) is 17.3. The summed E-state index contributed by atoms with van der Waals surface area (Å²) in [5.74, 6) is -1.24. The van der Waals surface area contributed by atoms with Gasteiger partial charge >= 0.3 is 5.97 Å². The molecular weight excluding hydrogens is 346 g/mol. The van der Waals surface area contributed by atoms with E-state index in [-0.39, 0.29) is 18.1 Å². The smallest absolute Gasteiger partial charge is 0.325 e. The van der Waals surface area contributed by atoms with E-state index in [1.807, 2.05) is 43.3 Å². The standard InChI is InChI=1S/C20H21N3O4/c1-13-7-8-16(20(26)23(11-13)12-17(24)27-2)22-19(25)18-15-6-4-3-5-14(15)9-10-21-18/h3-7,9-10,16H,8,11-12H2,1-2H3,(H,22,25). The Bertz CT molecular complexity index is 917. The van der Waals surface area contributed by atoms with Gasteiger partial charge in [0, 0.05) is 18.1 Å². The van der Waals surface area contributed by atoms with Gasteiger partial charge in [-0.25, -0.2) is 0 Å². The Kier molecular flexibility index (Phi) is 5.49. The molecule has 7 nitrogen and oxygen atoms in total. The number of aromatic nitrogens is 1. The van der Waals surface area contributed by atoms with Crippen LogP contribution < -0.4 is 5.32 Å². The first kappa shape index (κ1) is 18.6. The third kappa shape index (κ3) is 4.13. The number of nitrogens with one attached hydrogen (secondary N) is 1. The van der Waals surface area contributed by atoms with Crippen molar-refractivity contribution in [2.75, 3.05) is 20.2 Å². The second kappa shape index (κ2) is 7.99. The summed E-state index contributed by atoms with van der Waals surface area (Å²) in [4.78, 5) is 42.8. The van der Waals surface area contributed by atoms with Crippen LogP contribution in [0.5, 0.6) is 0 Å². The van der Waals surface area contributed by atoms with E-state index in [0.717, 1.165) is 16.3 Å². The van der Waals surface area contributed by atoms with Crippen LogP contribution in [-0.2, 0) is 14.3 Å². The summed E-state index contributed by atoms with van der Waals surface area (Å²) in [6.07, 6.45) is 3.83. The predicted octanol–water partition coefficient (Wildman–Crippen LogP) is 1.68. The van der Waals surface area contributed by atoms with Gasteiger partial charge in [-0.05, 0) is 24.8 Å². The lowest BCUT2D eigenvalue weighted by Gasteiger charge is -2.24. The molecule has 0 spiro atoms. The number of ether oxygens (including phenoxy) is 1. The van der Waals surface area contributed by atoms with Crippen LogP contribution in [0, 0.1) is 0 Å². The van der Waals surface area contributed by atoms with Crippen molar-refractivity contribution in [2.24, 2.45) is 0 Å². The van der Waals surface area contributed by atoms with Crippen molar-refractivity contribution in [1.29, 1.82) is 0 Å². The Morgan fingerprint density at radius 2 is 2.07 bits per heavy atom. The maximum atomic E-state index is 12.8. The molecule has 2 aromatic rings. The molecule has 0 aliphatic carbocycles. The number of amides is 2. The molecule has 0 bridgehead atoms. The van der Waals surface area contributed by atoms with Crippen molar-refractivity contribution < 1.29 is 19.1 Å². The van der Waals surface area contributed by atoms with Gasteiger partial charge in [0.15, 0.2) is 0 Å². The van der Waals surface area contributed by atoms with E-state index in [1.165, 1.54) is 12.0 Å². The number of nitrogens with zero attached hydrogens (tertiary/aromatic N) is 2. The van der Waals surface area contributed by atoms with E-state index >= 15 is 0 Å². The number of rotatable bonds is 4. The molecular formula is C20H21N3O4. The van der Waals surface area contributed by atoms with Crippen LogP contribution in [0.25, 0.3) is 10.8 Å². The fraction of sp³-hybridized carbons (Fsp3) is 0.300. The number of pyridine rings is 1. The molecule has 140 valence electrons. The summed E-state index contributed by atoms with van der Waals surface area (Å²) < 4.78 is 4.66. The molecule has 1 N–H and O–H groups in total. The highest BCUT2D eigenvalue weighted by Crippen LogP contribution is 2.17. The number of benzene rings is 1. The van der Waals surface area contributed by atoms with Crippen LogP contribution >= 0.6 is 0 Å². The highest BCUT2D eigenvalue weighted by atomic mass is 16.5. The fourth-order valence-corrected chi connectivity index (χ4v) is 3.09.